The molecule has 23 heavy (non-hydrogen) atoms. The fourth-order valence-corrected chi connectivity index (χ4v) is 3.52. The lowest BCUT2D eigenvalue weighted by Crippen LogP contribution is -2.29. The van der Waals surface area contributed by atoms with E-state index in [0.29, 0.717) is 0 Å². The Balaban J connectivity index is 1.64. The maximum Gasteiger partial charge on any atom is 0.243 e. The zero-order valence-corrected chi connectivity index (χ0v) is 14.6. The van der Waals surface area contributed by atoms with Crippen molar-refractivity contribution in [2.45, 2.75) is 4.90 Å². The summed E-state index contributed by atoms with van der Waals surface area (Å²) < 4.78 is 1.13. The molecule has 0 spiro atoms. The van der Waals surface area contributed by atoms with Crippen LogP contribution in [0.2, 0.25) is 0 Å². The summed E-state index contributed by atoms with van der Waals surface area (Å²) in [5.74, 6) is -0.0522. The number of likely N-dealkylation sites (N-methyl/N-ethyl adjacent to an activating group) is 1. The molecule has 3 rings (SSSR count). The average Bonchev–Trinajstić information content (AvgIpc) is 2.99. The highest BCUT2D eigenvalue weighted by atomic mass is 32.2. The van der Waals surface area contributed by atoms with E-state index in [1.807, 2.05) is 66.7 Å². The van der Waals surface area contributed by atoms with Crippen LogP contribution in [0.1, 0.15) is 0 Å². The fraction of sp³-hybridized carbons (Fsp3) is 0.176. The molecule has 1 amide bonds. The molecular weight excluding hydrogens is 326 g/mol. The van der Waals surface area contributed by atoms with E-state index >= 15 is 0 Å². The molecule has 0 atom stereocenters. The summed E-state index contributed by atoms with van der Waals surface area (Å²) in [6.45, 7) is 0.268. The number of para-hydroxylation sites is 1. The van der Waals surface area contributed by atoms with Gasteiger partial charge < -0.3 is 10.2 Å². The number of thioether (sulfide) groups is 1. The Labute approximate surface area is 143 Å². The number of hydrogen-bond donors (Lipinski definition) is 1. The third kappa shape index (κ3) is 3.83. The molecule has 2 aromatic carbocycles. The maximum atomic E-state index is 12.2. The Morgan fingerprint density at radius 3 is 2.65 bits per heavy atom. The minimum atomic E-state index is -0.0522. The number of thiazole rings is 1. The summed E-state index contributed by atoms with van der Waals surface area (Å²) in [5.41, 5.74) is 1.78. The number of nitrogens with one attached hydrogen (secondary N) is 1. The van der Waals surface area contributed by atoms with Crippen molar-refractivity contribution in [1.82, 2.24) is 4.98 Å². The molecule has 0 radical (unpaired) electrons. The van der Waals surface area contributed by atoms with Gasteiger partial charge in [0.2, 0.25) is 5.91 Å². The Kier molecular flexibility index (Phi) is 4.83. The van der Waals surface area contributed by atoms with Crippen molar-refractivity contribution < 1.29 is 4.79 Å². The van der Waals surface area contributed by atoms with E-state index < -0.39 is 0 Å². The lowest BCUT2D eigenvalue weighted by atomic mass is 10.3. The van der Waals surface area contributed by atoms with Crippen molar-refractivity contribution in [2.24, 2.45) is 0 Å². The van der Waals surface area contributed by atoms with E-state index in [-0.39, 0.29) is 12.5 Å². The second kappa shape index (κ2) is 7.02. The monoisotopic (exact) mass is 343 g/mol. The molecule has 1 N–H and O–H groups in total. The molecule has 0 aliphatic rings. The van der Waals surface area contributed by atoms with Crippen molar-refractivity contribution in [2.75, 3.05) is 30.1 Å². The van der Waals surface area contributed by atoms with E-state index in [0.717, 1.165) is 21.0 Å². The van der Waals surface area contributed by atoms with Crippen LogP contribution in [0.25, 0.3) is 10.2 Å². The normalized spacial score (nSPS) is 10.7. The summed E-state index contributed by atoms with van der Waals surface area (Å²) in [6.07, 6.45) is 2.03. The smallest absolute Gasteiger partial charge is 0.243 e. The van der Waals surface area contributed by atoms with Crippen molar-refractivity contribution in [3.63, 3.8) is 0 Å². The first-order valence-corrected chi connectivity index (χ1v) is 9.20. The number of carbonyl (C=O) groups excluding carboxylic acids is 1. The number of hydrogen-bond acceptors (Lipinski definition) is 5. The fourth-order valence-electron chi connectivity index (χ4n) is 2.18. The van der Waals surface area contributed by atoms with E-state index in [2.05, 4.69) is 10.3 Å². The number of benzene rings is 2. The number of rotatable bonds is 5. The van der Waals surface area contributed by atoms with Gasteiger partial charge in [0.1, 0.15) is 0 Å². The predicted molar refractivity (Wildman–Crippen MR) is 99.7 cm³/mol. The number of fused-ring (bicyclic) bond motifs is 1. The van der Waals surface area contributed by atoms with Crippen LogP contribution >= 0.6 is 23.1 Å². The lowest BCUT2D eigenvalue weighted by molar-refractivity contribution is -0.114. The molecule has 0 bridgehead atoms. The van der Waals surface area contributed by atoms with E-state index in [9.17, 15) is 4.79 Å². The van der Waals surface area contributed by atoms with E-state index in [4.69, 9.17) is 0 Å². The van der Waals surface area contributed by atoms with Gasteiger partial charge in [-0.15, -0.1) is 11.8 Å². The van der Waals surface area contributed by atoms with Crippen LogP contribution in [0.5, 0.6) is 0 Å². The van der Waals surface area contributed by atoms with Crippen LogP contribution in [0, 0.1) is 0 Å². The lowest BCUT2D eigenvalue weighted by Gasteiger charge is -2.15. The molecule has 3 aromatic rings. The summed E-state index contributed by atoms with van der Waals surface area (Å²) in [5, 5.41) is 3.76. The van der Waals surface area contributed by atoms with Gasteiger partial charge in [-0.3, -0.25) is 4.79 Å². The minimum absolute atomic E-state index is 0.0522. The summed E-state index contributed by atoms with van der Waals surface area (Å²) >= 11 is 3.27. The second-order valence-electron chi connectivity index (χ2n) is 5.10. The maximum absolute atomic E-state index is 12.2. The van der Waals surface area contributed by atoms with Crippen LogP contribution in [-0.4, -0.2) is 30.7 Å². The van der Waals surface area contributed by atoms with E-state index in [1.165, 1.54) is 4.90 Å². The molecule has 0 saturated heterocycles. The first-order chi connectivity index (χ1) is 11.2. The van der Waals surface area contributed by atoms with Gasteiger partial charge in [-0.1, -0.05) is 23.5 Å². The van der Waals surface area contributed by atoms with Crippen molar-refractivity contribution in [1.29, 1.82) is 0 Å². The summed E-state index contributed by atoms with van der Waals surface area (Å²) in [7, 11) is 1.88. The van der Waals surface area contributed by atoms with Crippen LogP contribution in [0.3, 0.4) is 0 Å². The average molecular weight is 343 g/mol. The third-order valence-electron chi connectivity index (χ3n) is 3.36. The highest BCUT2D eigenvalue weighted by Crippen LogP contribution is 2.27. The highest BCUT2D eigenvalue weighted by molar-refractivity contribution is 7.98. The van der Waals surface area contributed by atoms with Crippen LogP contribution in [0.4, 0.5) is 10.8 Å². The molecule has 0 aliphatic carbocycles. The molecule has 118 valence electrons. The van der Waals surface area contributed by atoms with Gasteiger partial charge in [-0.25, -0.2) is 4.98 Å². The molecule has 1 heterocycles. The largest absolute Gasteiger partial charge is 0.342 e. The van der Waals surface area contributed by atoms with E-state index in [1.54, 1.807) is 23.1 Å². The van der Waals surface area contributed by atoms with Gasteiger partial charge in [-0.05, 0) is 42.7 Å². The molecule has 0 saturated carbocycles. The Morgan fingerprint density at radius 1 is 1.22 bits per heavy atom. The molecule has 0 fully saturated rings. The highest BCUT2D eigenvalue weighted by Gasteiger charge is 2.12. The van der Waals surface area contributed by atoms with Gasteiger partial charge in [0.15, 0.2) is 5.13 Å². The standard InChI is InChI=1S/C17H17N3OS2/c1-20(17-19-14-5-3-4-6-15(14)23-17)11-16(21)18-12-7-9-13(22-2)10-8-12/h3-10H,11H2,1-2H3,(H,18,21). The predicted octanol–water partition coefficient (Wildman–Crippen LogP) is 4.09. The zero-order chi connectivity index (χ0) is 16.2. The Hall–Kier alpha value is -2.05. The van der Waals surface area contributed by atoms with Crippen molar-refractivity contribution in [3.05, 3.63) is 48.5 Å². The summed E-state index contributed by atoms with van der Waals surface area (Å²) in [6, 6.07) is 15.8. The molecule has 1 aromatic heterocycles. The first-order valence-electron chi connectivity index (χ1n) is 7.16. The third-order valence-corrected chi connectivity index (χ3v) is 5.26. The molecule has 0 aliphatic heterocycles. The number of aromatic nitrogens is 1. The summed E-state index contributed by atoms with van der Waals surface area (Å²) in [4.78, 5) is 19.8. The first kappa shape index (κ1) is 15.8. The van der Waals surface area contributed by atoms with Gasteiger partial charge in [0.25, 0.3) is 0 Å². The van der Waals surface area contributed by atoms with Gasteiger partial charge in [0, 0.05) is 17.6 Å². The quantitative estimate of drug-likeness (QED) is 0.709. The zero-order valence-electron chi connectivity index (χ0n) is 12.9. The van der Waals surface area contributed by atoms with Crippen LogP contribution in [0.15, 0.2) is 53.4 Å². The Bertz CT molecular complexity index is 781. The van der Waals surface area contributed by atoms with Gasteiger partial charge >= 0.3 is 0 Å². The number of anilines is 2. The molecule has 0 unspecified atom stereocenters. The van der Waals surface area contributed by atoms with Gasteiger partial charge in [0.05, 0.1) is 16.8 Å². The van der Waals surface area contributed by atoms with Crippen LogP contribution in [-0.2, 0) is 4.79 Å². The number of carbonyl (C=O) groups is 1. The molecule has 4 nitrogen and oxygen atoms in total. The van der Waals surface area contributed by atoms with Gasteiger partial charge in [-0.2, -0.15) is 0 Å². The Morgan fingerprint density at radius 2 is 1.96 bits per heavy atom. The minimum Gasteiger partial charge on any atom is -0.342 e. The van der Waals surface area contributed by atoms with Crippen LogP contribution < -0.4 is 10.2 Å². The van der Waals surface area contributed by atoms with Crippen molar-refractivity contribution in [3.8, 4) is 0 Å². The molecular formula is C17H17N3OS2. The second-order valence-corrected chi connectivity index (χ2v) is 6.99. The molecule has 6 heteroatoms. The number of amides is 1. The number of nitrogens with zero attached hydrogens (tertiary/aromatic N) is 2. The van der Waals surface area contributed by atoms with Crippen molar-refractivity contribution >= 4 is 50.0 Å². The topological polar surface area (TPSA) is 45.2 Å². The SMILES string of the molecule is CSc1ccc(NC(=O)CN(C)c2nc3ccccc3s2)cc1.